The van der Waals surface area contributed by atoms with Gasteiger partial charge in [-0.15, -0.1) is 11.8 Å². The van der Waals surface area contributed by atoms with Crippen molar-refractivity contribution in [2.24, 2.45) is 5.92 Å². The second kappa shape index (κ2) is 10.5. The Bertz CT molecular complexity index is 773. The monoisotopic (exact) mass is 398 g/mol. The van der Waals surface area contributed by atoms with Gasteiger partial charge in [-0.2, -0.15) is 0 Å². The number of hydrogen-bond donors (Lipinski definition) is 1. The first kappa shape index (κ1) is 20.7. The molecule has 2 aromatic carbocycles. The molecule has 1 heterocycles. The predicted molar refractivity (Wildman–Crippen MR) is 117 cm³/mol. The van der Waals surface area contributed by atoms with Crippen LogP contribution in [-0.4, -0.2) is 37.3 Å². The number of carbonyl (C=O) groups excluding carboxylic acids is 1. The molecule has 0 radical (unpaired) electrons. The highest BCUT2D eigenvalue weighted by atomic mass is 32.2. The van der Waals surface area contributed by atoms with E-state index in [0.717, 1.165) is 37.5 Å². The van der Waals surface area contributed by atoms with Crippen LogP contribution in [-0.2, 0) is 11.3 Å². The molecule has 3 rings (SSSR count). The molecule has 0 unspecified atom stereocenters. The van der Waals surface area contributed by atoms with E-state index in [1.54, 1.807) is 18.9 Å². The lowest BCUT2D eigenvalue weighted by atomic mass is 9.92. The molecule has 0 saturated carbocycles. The van der Waals surface area contributed by atoms with Crippen LogP contribution in [0.1, 0.15) is 31.2 Å². The molecule has 2 aromatic rings. The fraction of sp³-hybridized carbons (Fsp3) is 0.435. The predicted octanol–water partition coefficient (Wildman–Crippen LogP) is 5.05. The molecule has 1 N–H and O–H groups in total. The number of ether oxygens (including phenoxy) is 1. The first-order chi connectivity index (χ1) is 13.7. The summed E-state index contributed by atoms with van der Waals surface area (Å²) in [6, 6.07) is 16.3. The van der Waals surface area contributed by atoms with Gasteiger partial charge in [0.1, 0.15) is 5.75 Å². The molecule has 1 fully saturated rings. The van der Waals surface area contributed by atoms with Gasteiger partial charge in [-0.25, -0.2) is 0 Å². The second-order valence-corrected chi connectivity index (χ2v) is 8.27. The molecule has 0 bridgehead atoms. The van der Waals surface area contributed by atoms with E-state index in [2.05, 4.69) is 40.7 Å². The Balaban J connectivity index is 1.38. The Hall–Kier alpha value is -1.98. The molecule has 0 atom stereocenters. The molecular weight excluding hydrogens is 368 g/mol. The van der Waals surface area contributed by atoms with Crippen LogP contribution in [0.5, 0.6) is 5.75 Å². The maximum atomic E-state index is 12.3. The smallest absolute Gasteiger partial charge is 0.224 e. The number of rotatable bonds is 8. The number of nitrogens with one attached hydrogen (secondary N) is 1. The Kier molecular flexibility index (Phi) is 7.80. The lowest BCUT2D eigenvalue weighted by molar-refractivity contribution is -0.116. The molecule has 5 heteroatoms. The SMILES string of the molecule is COc1cccc(NC(=O)CCC2CCN(Cc3cccc(SC)c3)CC2)c1. The fourth-order valence-corrected chi connectivity index (χ4v) is 4.21. The summed E-state index contributed by atoms with van der Waals surface area (Å²) in [6.07, 6.45) is 6.02. The lowest BCUT2D eigenvalue weighted by Crippen LogP contribution is -2.33. The van der Waals surface area contributed by atoms with Crippen LogP contribution in [0, 0.1) is 5.92 Å². The van der Waals surface area contributed by atoms with Gasteiger partial charge in [-0.1, -0.05) is 18.2 Å². The Morgan fingerprint density at radius 1 is 1.18 bits per heavy atom. The zero-order valence-corrected chi connectivity index (χ0v) is 17.6. The number of anilines is 1. The highest BCUT2D eigenvalue weighted by molar-refractivity contribution is 7.98. The van der Waals surface area contributed by atoms with Crippen molar-refractivity contribution in [1.29, 1.82) is 0 Å². The standard InChI is InChI=1S/C23H30N2O2S/c1-27-21-7-4-6-20(16-21)24-23(26)10-9-18-11-13-25(14-12-18)17-19-5-3-8-22(15-19)28-2/h3-8,15-16,18H,9-14,17H2,1-2H3,(H,24,26). The largest absolute Gasteiger partial charge is 0.497 e. The zero-order valence-electron chi connectivity index (χ0n) is 16.8. The summed E-state index contributed by atoms with van der Waals surface area (Å²) in [4.78, 5) is 16.1. The van der Waals surface area contributed by atoms with Gasteiger partial charge < -0.3 is 10.1 Å². The van der Waals surface area contributed by atoms with E-state index in [1.807, 2.05) is 24.3 Å². The van der Waals surface area contributed by atoms with Crippen LogP contribution in [0.3, 0.4) is 0 Å². The van der Waals surface area contributed by atoms with E-state index in [1.165, 1.54) is 23.3 Å². The summed E-state index contributed by atoms with van der Waals surface area (Å²) in [5.41, 5.74) is 2.19. The van der Waals surface area contributed by atoms with Gasteiger partial charge in [0.15, 0.2) is 0 Å². The molecule has 1 amide bonds. The fourth-order valence-electron chi connectivity index (χ4n) is 3.72. The van der Waals surface area contributed by atoms with Gasteiger partial charge in [0.25, 0.3) is 0 Å². The van der Waals surface area contributed by atoms with Crippen molar-refractivity contribution in [1.82, 2.24) is 4.90 Å². The molecule has 4 nitrogen and oxygen atoms in total. The summed E-state index contributed by atoms with van der Waals surface area (Å²) in [6.45, 7) is 3.26. The number of piperidine rings is 1. The first-order valence-corrected chi connectivity index (χ1v) is 11.2. The van der Waals surface area contributed by atoms with Crippen molar-refractivity contribution >= 4 is 23.4 Å². The number of hydrogen-bond acceptors (Lipinski definition) is 4. The van der Waals surface area contributed by atoms with Crippen LogP contribution in [0.25, 0.3) is 0 Å². The third kappa shape index (κ3) is 6.28. The number of benzene rings is 2. The third-order valence-electron chi connectivity index (χ3n) is 5.38. The summed E-state index contributed by atoms with van der Waals surface area (Å²) in [5, 5.41) is 2.98. The summed E-state index contributed by atoms with van der Waals surface area (Å²) < 4.78 is 5.20. The number of carbonyl (C=O) groups is 1. The molecular formula is C23H30N2O2S. The summed E-state index contributed by atoms with van der Waals surface area (Å²) in [7, 11) is 1.63. The average molecular weight is 399 g/mol. The number of nitrogens with zero attached hydrogens (tertiary/aromatic N) is 1. The molecule has 1 aliphatic heterocycles. The van der Waals surface area contributed by atoms with E-state index in [9.17, 15) is 4.79 Å². The quantitative estimate of drug-likeness (QED) is 0.632. The maximum Gasteiger partial charge on any atom is 0.224 e. The summed E-state index contributed by atoms with van der Waals surface area (Å²) in [5.74, 6) is 1.49. The van der Waals surface area contributed by atoms with Crippen LogP contribution in [0.15, 0.2) is 53.4 Å². The molecule has 150 valence electrons. The number of methoxy groups -OCH3 is 1. The molecule has 0 aliphatic carbocycles. The summed E-state index contributed by atoms with van der Waals surface area (Å²) >= 11 is 1.79. The van der Waals surface area contributed by atoms with Crippen molar-refractivity contribution in [3.8, 4) is 5.75 Å². The Morgan fingerprint density at radius 3 is 2.71 bits per heavy atom. The maximum absolute atomic E-state index is 12.3. The lowest BCUT2D eigenvalue weighted by Gasteiger charge is -2.32. The van der Waals surface area contributed by atoms with E-state index in [4.69, 9.17) is 4.74 Å². The molecule has 1 aliphatic rings. The Labute approximate surface area is 172 Å². The van der Waals surface area contributed by atoms with E-state index < -0.39 is 0 Å². The zero-order chi connectivity index (χ0) is 19.8. The minimum absolute atomic E-state index is 0.0876. The Morgan fingerprint density at radius 2 is 1.96 bits per heavy atom. The van der Waals surface area contributed by atoms with Gasteiger partial charge in [0.05, 0.1) is 7.11 Å². The van der Waals surface area contributed by atoms with Crippen molar-refractivity contribution in [3.63, 3.8) is 0 Å². The minimum atomic E-state index is 0.0876. The van der Waals surface area contributed by atoms with Crippen molar-refractivity contribution in [3.05, 3.63) is 54.1 Å². The van der Waals surface area contributed by atoms with Crippen molar-refractivity contribution < 1.29 is 9.53 Å². The minimum Gasteiger partial charge on any atom is -0.497 e. The van der Waals surface area contributed by atoms with Gasteiger partial charge >= 0.3 is 0 Å². The molecule has 0 aromatic heterocycles. The highest BCUT2D eigenvalue weighted by Crippen LogP contribution is 2.25. The van der Waals surface area contributed by atoms with E-state index >= 15 is 0 Å². The van der Waals surface area contributed by atoms with E-state index in [0.29, 0.717) is 12.3 Å². The highest BCUT2D eigenvalue weighted by Gasteiger charge is 2.20. The molecule has 0 spiro atoms. The number of thioether (sulfide) groups is 1. The first-order valence-electron chi connectivity index (χ1n) is 9.95. The molecule has 28 heavy (non-hydrogen) atoms. The normalized spacial score (nSPS) is 15.4. The van der Waals surface area contributed by atoms with Crippen molar-refractivity contribution in [2.75, 3.05) is 31.8 Å². The van der Waals surface area contributed by atoms with E-state index in [-0.39, 0.29) is 5.91 Å². The number of likely N-dealkylation sites (tertiary alicyclic amines) is 1. The van der Waals surface area contributed by atoms with Crippen molar-refractivity contribution in [2.45, 2.75) is 37.1 Å². The van der Waals surface area contributed by atoms with Crippen LogP contribution in [0.2, 0.25) is 0 Å². The van der Waals surface area contributed by atoms with Crippen LogP contribution in [0.4, 0.5) is 5.69 Å². The third-order valence-corrected chi connectivity index (χ3v) is 6.11. The van der Waals surface area contributed by atoms with Crippen LogP contribution >= 0.6 is 11.8 Å². The average Bonchev–Trinajstić information content (AvgIpc) is 2.73. The molecule has 1 saturated heterocycles. The van der Waals surface area contributed by atoms with Crippen LogP contribution < -0.4 is 10.1 Å². The topological polar surface area (TPSA) is 41.6 Å². The van der Waals surface area contributed by atoms with Gasteiger partial charge in [0, 0.05) is 29.6 Å². The van der Waals surface area contributed by atoms with Gasteiger partial charge in [-0.3, -0.25) is 9.69 Å². The van der Waals surface area contributed by atoms with Gasteiger partial charge in [-0.05, 0) is 74.4 Å². The second-order valence-electron chi connectivity index (χ2n) is 7.39. The number of amides is 1. The van der Waals surface area contributed by atoms with Gasteiger partial charge in [0.2, 0.25) is 5.91 Å².